The highest BCUT2D eigenvalue weighted by Gasteiger charge is 2.44. The van der Waals surface area contributed by atoms with Gasteiger partial charge in [-0.1, -0.05) is 20.8 Å². The summed E-state index contributed by atoms with van der Waals surface area (Å²) in [7, 11) is 0. The number of nitrogens with zero attached hydrogens (tertiary/aromatic N) is 1. The van der Waals surface area contributed by atoms with Crippen molar-refractivity contribution in [1.82, 2.24) is 10.2 Å². The van der Waals surface area contributed by atoms with Gasteiger partial charge in [-0.3, -0.25) is 14.4 Å². The maximum Gasteiger partial charge on any atom is 0.311 e. The van der Waals surface area contributed by atoms with E-state index in [9.17, 15) is 19.5 Å². The van der Waals surface area contributed by atoms with Crippen molar-refractivity contribution >= 4 is 17.8 Å². The van der Waals surface area contributed by atoms with Gasteiger partial charge in [-0.25, -0.2) is 0 Å². The maximum atomic E-state index is 12.0. The van der Waals surface area contributed by atoms with Crippen molar-refractivity contribution in [2.45, 2.75) is 39.7 Å². The monoisotopic (exact) mass is 299 g/mol. The summed E-state index contributed by atoms with van der Waals surface area (Å²) in [5, 5.41) is 11.8. The lowest BCUT2D eigenvalue weighted by Crippen LogP contribution is -2.48. The molecule has 0 aromatic rings. The first kappa shape index (κ1) is 17.4. The van der Waals surface area contributed by atoms with Crippen LogP contribution in [-0.4, -0.2) is 53.5 Å². The minimum atomic E-state index is -0.869. The number of carboxylic acids is 1. The molecule has 1 rings (SSSR count). The fraction of sp³-hybridized carbons (Fsp3) is 0.786. The van der Waals surface area contributed by atoms with Crippen LogP contribution >= 0.6 is 0 Å². The zero-order valence-electron chi connectivity index (χ0n) is 12.9. The van der Waals surface area contributed by atoms with Gasteiger partial charge in [-0.05, 0) is 18.8 Å². The lowest BCUT2D eigenvalue weighted by Gasteiger charge is -2.23. The van der Waals surface area contributed by atoms with Crippen molar-refractivity contribution in [1.29, 1.82) is 0 Å². The second-order valence-corrected chi connectivity index (χ2v) is 5.99. The Bertz CT molecular complexity index is 424. The first-order chi connectivity index (χ1) is 9.73. The van der Waals surface area contributed by atoms with Gasteiger partial charge in [0.2, 0.25) is 11.8 Å². The molecule has 0 aromatic heterocycles. The third kappa shape index (κ3) is 3.93. The van der Waals surface area contributed by atoms with E-state index in [0.717, 1.165) is 0 Å². The number of nitrogens with one attached hydrogen (secondary N) is 1. The maximum absolute atomic E-state index is 12.0. The molecule has 4 N–H and O–H groups in total. The summed E-state index contributed by atoms with van der Waals surface area (Å²) < 4.78 is 0. The number of amides is 2. The van der Waals surface area contributed by atoms with E-state index in [0.29, 0.717) is 19.4 Å². The van der Waals surface area contributed by atoms with Crippen LogP contribution in [0, 0.1) is 11.3 Å². The van der Waals surface area contributed by atoms with E-state index < -0.39 is 17.4 Å². The fourth-order valence-corrected chi connectivity index (χ4v) is 2.39. The largest absolute Gasteiger partial charge is 0.481 e. The molecule has 2 atom stereocenters. The summed E-state index contributed by atoms with van der Waals surface area (Å²) in [6.45, 7) is 5.93. The number of likely N-dealkylation sites (tertiary alicyclic amines) is 1. The SMILES string of the molecule is CCC1(C(=O)O)CCN(C(=O)CNC(=O)[C@@H](N)C(C)C)C1. The fourth-order valence-electron chi connectivity index (χ4n) is 2.39. The highest BCUT2D eigenvalue weighted by molar-refractivity contribution is 5.88. The van der Waals surface area contributed by atoms with Crippen LogP contribution in [0.3, 0.4) is 0 Å². The molecule has 1 aliphatic rings. The zero-order chi connectivity index (χ0) is 16.2. The molecule has 1 fully saturated rings. The third-order valence-electron chi connectivity index (χ3n) is 4.27. The molecule has 21 heavy (non-hydrogen) atoms. The van der Waals surface area contributed by atoms with Crippen LogP contribution in [0.15, 0.2) is 0 Å². The summed E-state index contributed by atoms with van der Waals surface area (Å²) in [4.78, 5) is 36.6. The van der Waals surface area contributed by atoms with E-state index in [1.54, 1.807) is 0 Å². The molecule has 1 unspecified atom stereocenters. The van der Waals surface area contributed by atoms with Gasteiger partial charge < -0.3 is 21.1 Å². The summed E-state index contributed by atoms with van der Waals surface area (Å²) in [5.74, 6) is -1.51. The molecule has 120 valence electrons. The Morgan fingerprint density at radius 1 is 1.38 bits per heavy atom. The second-order valence-electron chi connectivity index (χ2n) is 5.99. The van der Waals surface area contributed by atoms with Gasteiger partial charge in [0.15, 0.2) is 0 Å². The summed E-state index contributed by atoms with van der Waals surface area (Å²) in [6, 6.07) is -0.648. The molecule has 1 aliphatic heterocycles. The van der Waals surface area contributed by atoms with E-state index in [-0.39, 0.29) is 30.8 Å². The lowest BCUT2D eigenvalue weighted by atomic mass is 9.84. The Kier molecular flexibility index (Phi) is 5.71. The minimum Gasteiger partial charge on any atom is -0.481 e. The molecule has 7 nitrogen and oxygen atoms in total. The van der Waals surface area contributed by atoms with Gasteiger partial charge in [0, 0.05) is 13.1 Å². The summed E-state index contributed by atoms with van der Waals surface area (Å²) in [6.07, 6.45) is 0.931. The number of hydrogen-bond donors (Lipinski definition) is 3. The van der Waals surface area contributed by atoms with Gasteiger partial charge in [0.05, 0.1) is 18.0 Å². The quantitative estimate of drug-likeness (QED) is 0.628. The van der Waals surface area contributed by atoms with Crippen LogP contribution in [-0.2, 0) is 14.4 Å². The van der Waals surface area contributed by atoms with Crippen LogP contribution in [0.5, 0.6) is 0 Å². The normalized spacial score (nSPS) is 23.2. The number of carbonyl (C=O) groups is 3. The molecule has 0 bridgehead atoms. The van der Waals surface area contributed by atoms with E-state index in [2.05, 4.69) is 5.32 Å². The number of carbonyl (C=O) groups excluding carboxylic acids is 2. The number of rotatable bonds is 6. The van der Waals surface area contributed by atoms with Crippen molar-refractivity contribution < 1.29 is 19.5 Å². The molecule has 0 aromatic carbocycles. The van der Waals surface area contributed by atoms with Crippen LogP contribution in [0.4, 0.5) is 0 Å². The molecule has 7 heteroatoms. The van der Waals surface area contributed by atoms with Gasteiger partial charge >= 0.3 is 5.97 Å². The smallest absolute Gasteiger partial charge is 0.311 e. The third-order valence-corrected chi connectivity index (χ3v) is 4.27. The number of carboxylic acid groups (broad SMARTS) is 1. The molecule has 1 saturated heterocycles. The molecule has 0 radical (unpaired) electrons. The number of hydrogen-bond acceptors (Lipinski definition) is 4. The molecule has 0 spiro atoms. The predicted molar refractivity (Wildman–Crippen MR) is 77.4 cm³/mol. The van der Waals surface area contributed by atoms with Crippen molar-refractivity contribution in [3.05, 3.63) is 0 Å². The summed E-state index contributed by atoms with van der Waals surface area (Å²) in [5.41, 5.74) is 4.84. The van der Waals surface area contributed by atoms with Crippen molar-refractivity contribution in [3.8, 4) is 0 Å². The Hall–Kier alpha value is -1.63. The topological polar surface area (TPSA) is 113 Å². The zero-order valence-corrected chi connectivity index (χ0v) is 12.9. The van der Waals surface area contributed by atoms with Crippen LogP contribution < -0.4 is 11.1 Å². The summed E-state index contributed by atoms with van der Waals surface area (Å²) >= 11 is 0. The molecule has 1 heterocycles. The molecular formula is C14H25N3O4. The van der Waals surface area contributed by atoms with Crippen LogP contribution in [0.1, 0.15) is 33.6 Å². The molecule has 0 saturated carbocycles. The average molecular weight is 299 g/mol. The van der Waals surface area contributed by atoms with E-state index in [1.807, 2.05) is 20.8 Å². The van der Waals surface area contributed by atoms with Gasteiger partial charge in [-0.15, -0.1) is 0 Å². The lowest BCUT2D eigenvalue weighted by molar-refractivity contribution is -0.148. The van der Waals surface area contributed by atoms with Gasteiger partial charge in [-0.2, -0.15) is 0 Å². The first-order valence-corrected chi connectivity index (χ1v) is 7.28. The first-order valence-electron chi connectivity index (χ1n) is 7.28. The van der Waals surface area contributed by atoms with Gasteiger partial charge in [0.25, 0.3) is 0 Å². The Morgan fingerprint density at radius 2 is 2.00 bits per heavy atom. The van der Waals surface area contributed by atoms with Crippen LogP contribution in [0.2, 0.25) is 0 Å². The predicted octanol–water partition coefficient (Wildman–Crippen LogP) is -0.201. The standard InChI is InChI=1S/C14H25N3O4/c1-4-14(13(20)21)5-6-17(8-14)10(18)7-16-12(19)11(15)9(2)3/h9,11H,4-8,15H2,1-3H3,(H,16,19)(H,20,21)/t11-,14?/m0/s1. The van der Waals surface area contributed by atoms with Crippen molar-refractivity contribution in [2.75, 3.05) is 19.6 Å². The number of aliphatic carboxylic acids is 1. The van der Waals surface area contributed by atoms with Gasteiger partial charge in [0.1, 0.15) is 0 Å². The van der Waals surface area contributed by atoms with Crippen LogP contribution in [0.25, 0.3) is 0 Å². The number of nitrogens with two attached hydrogens (primary N) is 1. The van der Waals surface area contributed by atoms with Crippen molar-refractivity contribution in [3.63, 3.8) is 0 Å². The highest BCUT2D eigenvalue weighted by Crippen LogP contribution is 2.34. The van der Waals surface area contributed by atoms with E-state index in [1.165, 1.54) is 4.90 Å². The second kappa shape index (κ2) is 6.89. The van der Waals surface area contributed by atoms with E-state index >= 15 is 0 Å². The Morgan fingerprint density at radius 3 is 2.43 bits per heavy atom. The molecule has 0 aliphatic carbocycles. The Balaban J connectivity index is 2.51. The molecule has 2 amide bonds. The average Bonchev–Trinajstić information content (AvgIpc) is 2.89. The van der Waals surface area contributed by atoms with Crippen molar-refractivity contribution in [2.24, 2.45) is 17.1 Å². The Labute approximate surface area is 124 Å². The highest BCUT2D eigenvalue weighted by atomic mass is 16.4. The molecular weight excluding hydrogens is 274 g/mol. The van der Waals surface area contributed by atoms with E-state index in [4.69, 9.17) is 5.73 Å². The minimum absolute atomic E-state index is 0.00774.